The van der Waals surface area contributed by atoms with Gasteiger partial charge < -0.3 is 15.1 Å². The first-order chi connectivity index (χ1) is 9.74. The predicted molar refractivity (Wildman–Crippen MR) is 74.7 cm³/mol. The zero-order chi connectivity index (χ0) is 13.9. The minimum atomic E-state index is -0.446. The molecule has 3 rings (SSSR count). The third-order valence-electron chi connectivity index (χ3n) is 3.59. The molecule has 7 heteroatoms. The summed E-state index contributed by atoms with van der Waals surface area (Å²) in [6.07, 6.45) is 2.23. The molecule has 1 saturated heterocycles. The molecule has 1 aliphatic rings. The van der Waals surface area contributed by atoms with E-state index in [1.807, 2.05) is 0 Å². The fourth-order valence-electron chi connectivity index (χ4n) is 2.50. The lowest BCUT2D eigenvalue weighted by Crippen LogP contribution is -2.12. The molecule has 0 saturated carbocycles. The highest BCUT2D eigenvalue weighted by Gasteiger charge is 2.18. The number of rotatable bonds is 5. The summed E-state index contributed by atoms with van der Waals surface area (Å²) in [5.41, 5.74) is 0.700. The molecule has 20 heavy (non-hydrogen) atoms. The molecular formula is C13H16N4O3. The van der Waals surface area contributed by atoms with Crippen LogP contribution in [-0.4, -0.2) is 29.5 Å². The highest BCUT2D eigenvalue weighted by molar-refractivity contribution is 5.83. The van der Waals surface area contributed by atoms with Crippen molar-refractivity contribution in [2.75, 3.05) is 25.0 Å². The summed E-state index contributed by atoms with van der Waals surface area (Å²) in [7, 11) is 0. The Morgan fingerprint density at radius 1 is 1.55 bits per heavy atom. The number of anilines is 1. The van der Waals surface area contributed by atoms with E-state index in [0.717, 1.165) is 26.1 Å². The molecule has 1 unspecified atom stereocenters. The fraction of sp³-hybridized carbons (Fsp3) is 0.462. The molecule has 106 valence electrons. The molecule has 0 amide bonds. The van der Waals surface area contributed by atoms with Gasteiger partial charge in [-0.25, -0.2) is 0 Å². The van der Waals surface area contributed by atoms with E-state index >= 15 is 0 Å². The van der Waals surface area contributed by atoms with Gasteiger partial charge >= 0.3 is 0 Å². The Labute approximate surface area is 115 Å². The van der Waals surface area contributed by atoms with Crippen LogP contribution in [0.4, 0.5) is 11.7 Å². The van der Waals surface area contributed by atoms with Gasteiger partial charge in [-0.1, -0.05) is 6.07 Å². The third-order valence-corrected chi connectivity index (χ3v) is 3.59. The van der Waals surface area contributed by atoms with Crippen LogP contribution in [0.3, 0.4) is 0 Å². The van der Waals surface area contributed by atoms with Crippen molar-refractivity contribution in [2.24, 2.45) is 5.92 Å². The summed E-state index contributed by atoms with van der Waals surface area (Å²) < 4.78 is 5.48. The first-order valence-electron chi connectivity index (χ1n) is 6.72. The number of nitro benzene ring substituents is 1. The highest BCUT2D eigenvalue weighted by Crippen LogP contribution is 2.27. The van der Waals surface area contributed by atoms with E-state index in [2.05, 4.69) is 15.6 Å². The summed E-state index contributed by atoms with van der Waals surface area (Å²) in [6, 6.07) is 5.06. The molecule has 0 radical (unpaired) electrons. The Morgan fingerprint density at radius 2 is 2.45 bits per heavy atom. The Bertz CT molecular complexity index is 619. The molecule has 2 aromatic rings. The number of nitrogens with one attached hydrogen (secondary N) is 2. The van der Waals surface area contributed by atoms with Crippen molar-refractivity contribution < 1.29 is 9.34 Å². The van der Waals surface area contributed by atoms with Crippen LogP contribution in [0.25, 0.3) is 11.1 Å². The second-order valence-electron chi connectivity index (χ2n) is 4.97. The first-order valence-corrected chi connectivity index (χ1v) is 6.72. The predicted octanol–water partition coefficient (Wildman–Crippen LogP) is 2.15. The number of fused-ring (bicyclic) bond motifs is 1. The maximum absolute atomic E-state index is 10.9. The number of non-ortho nitro benzene ring substituents is 1. The molecule has 7 nitrogen and oxygen atoms in total. The molecule has 0 spiro atoms. The number of para-hydroxylation sites is 1. The van der Waals surface area contributed by atoms with Gasteiger partial charge in [0.05, 0.1) is 4.92 Å². The lowest BCUT2D eigenvalue weighted by atomic mass is 10.1. The molecule has 1 aromatic carbocycles. The molecule has 1 atom stereocenters. The quantitative estimate of drug-likeness (QED) is 0.642. The molecule has 0 aliphatic carbocycles. The van der Waals surface area contributed by atoms with Crippen molar-refractivity contribution in [1.82, 2.24) is 10.3 Å². The standard InChI is InChI=1S/C13H16N4O3/c18-17(19)10-2-1-3-11-12(10)16-13(20-11)15-7-5-9-4-6-14-8-9/h1-3,9,14H,4-8H2,(H,15,16). The summed E-state index contributed by atoms with van der Waals surface area (Å²) in [4.78, 5) is 14.6. The van der Waals surface area contributed by atoms with Crippen LogP contribution < -0.4 is 10.6 Å². The van der Waals surface area contributed by atoms with Crippen molar-refractivity contribution in [2.45, 2.75) is 12.8 Å². The van der Waals surface area contributed by atoms with Crippen molar-refractivity contribution in [3.8, 4) is 0 Å². The maximum Gasteiger partial charge on any atom is 0.298 e. The zero-order valence-corrected chi connectivity index (χ0v) is 11.0. The van der Waals surface area contributed by atoms with Crippen LogP contribution in [0, 0.1) is 16.0 Å². The number of aromatic nitrogens is 1. The molecule has 1 fully saturated rings. The molecular weight excluding hydrogens is 260 g/mol. The Morgan fingerprint density at radius 3 is 3.20 bits per heavy atom. The Hall–Kier alpha value is -2.15. The number of hydrogen-bond donors (Lipinski definition) is 2. The van der Waals surface area contributed by atoms with Crippen molar-refractivity contribution >= 4 is 22.8 Å². The van der Waals surface area contributed by atoms with E-state index in [1.54, 1.807) is 12.1 Å². The van der Waals surface area contributed by atoms with Gasteiger partial charge in [-0.3, -0.25) is 10.1 Å². The molecule has 2 N–H and O–H groups in total. The summed E-state index contributed by atoms with van der Waals surface area (Å²) in [6.45, 7) is 2.90. The van der Waals surface area contributed by atoms with Crippen molar-refractivity contribution in [3.05, 3.63) is 28.3 Å². The lowest BCUT2D eigenvalue weighted by molar-refractivity contribution is -0.383. The van der Waals surface area contributed by atoms with Gasteiger partial charge in [0.2, 0.25) is 0 Å². The SMILES string of the molecule is O=[N+]([O-])c1cccc2oc(NCCC3CCNC3)nc12. The molecule has 2 heterocycles. The van der Waals surface area contributed by atoms with Gasteiger partial charge in [0.25, 0.3) is 11.7 Å². The van der Waals surface area contributed by atoms with Crippen molar-refractivity contribution in [1.29, 1.82) is 0 Å². The number of hydrogen-bond acceptors (Lipinski definition) is 6. The average Bonchev–Trinajstić information content (AvgIpc) is 3.06. The van der Waals surface area contributed by atoms with Crippen LogP contribution in [0.2, 0.25) is 0 Å². The van der Waals surface area contributed by atoms with Gasteiger partial charge in [0.1, 0.15) is 0 Å². The average molecular weight is 276 g/mol. The number of benzene rings is 1. The highest BCUT2D eigenvalue weighted by atomic mass is 16.6. The lowest BCUT2D eigenvalue weighted by Gasteiger charge is -2.07. The van der Waals surface area contributed by atoms with E-state index in [1.165, 1.54) is 12.5 Å². The molecule has 0 bridgehead atoms. The van der Waals surface area contributed by atoms with E-state index in [-0.39, 0.29) is 5.69 Å². The molecule has 1 aliphatic heterocycles. The Kier molecular flexibility index (Phi) is 3.51. The summed E-state index contributed by atoms with van der Waals surface area (Å²) in [5, 5.41) is 17.3. The zero-order valence-electron chi connectivity index (χ0n) is 11.0. The van der Waals surface area contributed by atoms with Crippen LogP contribution in [0.15, 0.2) is 22.6 Å². The van der Waals surface area contributed by atoms with Gasteiger partial charge in [-0.15, -0.1) is 0 Å². The van der Waals surface area contributed by atoms with E-state index in [0.29, 0.717) is 23.0 Å². The van der Waals surface area contributed by atoms with Crippen LogP contribution >= 0.6 is 0 Å². The number of nitro groups is 1. The van der Waals surface area contributed by atoms with Gasteiger partial charge in [0, 0.05) is 12.6 Å². The fourth-order valence-corrected chi connectivity index (χ4v) is 2.50. The minimum Gasteiger partial charge on any atom is -0.423 e. The Balaban J connectivity index is 1.69. The topological polar surface area (TPSA) is 93.2 Å². The normalized spacial score (nSPS) is 18.5. The van der Waals surface area contributed by atoms with E-state index < -0.39 is 4.92 Å². The van der Waals surface area contributed by atoms with Gasteiger partial charge in [-0.2, -0.15) is 4.98 Å². The van der Waals surface area contributed by atoms with Crippen LogP contribution in [-0.2, 0) is 0 Å². The summed E-state index contributed by atoms with van der Waals surface area (Å²) in [5.74, 6) is 0.682. The van der Waals surface area contributed by atoms with Crippen molar-refractivity contribution in [3.63, 3.8) is 0 Å². The van der Waals surface area contributed by atoms with Gasteiger partial charge in [-0.05, 0) is 37.9 Å². The largest absolute Gasteiger partial charge is 0.423 e. The van der Waals surface area contributed by atoms with Crippen LogP contribution in [0.5, 0.6) is 0 Å². The smallest absolute Gasteiger partial charge is 0.298 e. The second kappa shape index (κ2) is 5.46. The van der Waals surface area contributed by atoms with E-state index in [4.69, 9.17) is 4.42 Å². The van der Waals surface area contributed by atoms with E-state index in [9.17, 15) is 10.1 Å². The number of nitrogens with zero attached hydrogens (tertiary/aromatic N) is 2. The third kappa shape index (κ3) is 2.57. The first kappa shape index (κ1) is 12.9. The minimum absolute atomic E-state index is 0.0284. The monoisotopic (exact) mass is 276 g/mol. The maximum atomic E-state index is 10.9. The van der Waals surface area contributed by atoms with Gasteiger partial charge in [0.15, 0.2) is 11.1 Å². The summed E-state index contributed by atoms with van der Waals surface area (Å²) >= 11 is 0. The number of oxazole rings is 1. The molecule has 1 aromatic heterocycles. The second-order valence-corrected chi connectivity index (χ2v) is 4.97. The van der Waals surface area contributed by atoms with Crippen LogP contribution in [0.1, 0.15) is 12.8 Å².